The van der Waals surface area contributed by atoms with Crippen molar-refractivity contribution in [1.29, 1.82) is 5.26 Å². The van der Waals surface area contributed by atoms with E-state index in [0.717, 1.165) is 11.3 Å². The van der Waals surface area contributed by atoms with Crippen LogP contribution in [0.25, 0.3) is 0 Å². The van der Waals surface area contributed by atoms with Crippen LogP contribution in [0.15, 0.2) is 36.4 Å². The Morgan fingerprint density at radius 2 is 1.68 bits per heavy atom. The maximum Gasteiger partial charge on any atom is 0.171 e. The minimum absolute atomic E-state index is 0.384. The molecule has 7 heteroatoms. The van der Waals surface area contributed by atoms with Crippen molar-refractivity contribution in [3.8, 4) is 23.3 Å². The molecule has 0 spiro atoms. The third kappa shape index (κ3) is 4.52. The summed E-state index contributed by atoms with van der Waals surface area (Å²) in [6, 6.07) is 13.1. The molecule has 0 amide bonds. The number of anilines is 1. The summed E-state index contributed by atoms with van der Waals surface area (Å²) in [4.78, 5) is 0. The van der Waals surface area contributed by atoms with Gasteiger partial charge < -0.3 is 24.8 Å². The van der Waals surface area contributed by atoms with E-state index in [-0.39, 0.29) is 0 Å². The molecule has 0 heterocycles. The summed E-state index contributed by atoms with van der Waals surface area (Å²) in [6.07, 6.45) is 0. The quantitative estimate of drug-likeness (QED) is 0.770. The Bertz CT molecular complexity index is 803. The van der Waals surface area contributed by atoms with Gasteiger partial charge in [0, 0.05) is 24.2 Å². The molecule has 0 aromatic heterocycles. The normalized spacial score (nSPS) is 9.68. The Kier molecular flexibility index (Phi) is 6.43. The summed E-state index contributed by atoms with van der Waals surface area (Å²) >= 11 is 5.32. The lowest BCUT2D eigenvalue weighted by atomic mass is 10.1. The zero-order chi connectivity index (χ0) is 18.2. The van der Waals surface area contributed by atoms with Gasteiger partial charge in [0.1, 0.15) is 11.8 Å². The number of para-hydroxylation sites is 1. The van der Waals surface area contributed by atoms with Gasteiger partial charge in [-0.25, -0.2) is 0 Å². The van der Waals surface area contributed by atoms with E-state index in [2.05, 4.69) is 16.7 Å². The predicted octanol–water partition coefficient (Wildman–Crippen LogP) is 3.07. The highest BCUT2D eigenvalue weighted by Gasteiger charge is 2.12. The van der Waals surface area contributed by atoms with Crippen molar-refractivity contribution in [3.05, 3.63) is 47.5 Å². The summed E-state index contributed by atoms with van der Waals surface area (Å²) in [7, 11) is 4.68. The molecule has 0 bridgehead atoms. The second-order valence-corrected chi connectivity index (χ2v) is 5.39. The van der Waals surface area contributed by atoms with Crippen molar-refractivity contribution in [3.63, 3.8) is 0 Å². The zero-order valence-corrected chi connectivity index (χ0v) is 15.1. The van der Waals surface area contributed by atoms with Crippen LogP contribution in [0, 0.1) is 11.3 Å². The van der Waals surface area contributed by atoms with Gasteiger partial charge in [-0.1, -0.05) is 18.2 Å². The molecule has 0 unspecified atom stereocenters. The van der Waals surface area contributed by atoms with Crippen molar-refractivity contribution < 1.29 is 14.2 Å². The summed E-state index contributed by atoms with van der Waals surface area (Å²) in [5, 5.41) is 15.8. The van der Waals surface area contributed by atoms with Gasteiger partial charge in [0.05, 0.1) is 32.6 Å². The standard InChI is InChI=1S/C18H19N3O3S/c1-22-15-7-5-4-6-12(15)11-20-18(25)21-14-9-17(24-3)16(23-2)8-13(14)10-19/h4-9H,11H2,1-3H3,(H2,20,21,25). The Hall–Kier alpha value is -2.98. The molecule has 0 radical (unpaired) electrons. The monoisotopic (exact) mass is 357 g/mol. The number of ether oxygens (including phenoxy) is 3. The van der Waals surface area contributed by atoms with Crippen LogP contribution in [0.4, 0.5) is 5.69 Å². The maximum absolute atomic E-state index is 9.32. The van der Waals surface area contributed by atoms with Crippen LogP contribution in [0.1, 0.15) is 11.1 Å². The fourth-order valence-corrected chi connectivity index (χ4v) is 2.45. The molecule has 0 aliphatic rings. The van der Waals surface area contributed by atoms with Gasteiger partial charge >= 0.3 is 0 Å². The third-order valence-electron chi connectivity index (χ3n) is 3.52. The number of hydrogen-bond donors (Lipinski definition) is 2. The summed E-state index contributed by atoms with van der Waals surface area (Å²) in [6.45, 7) is 0.491. The molecular formula is C18H19N3O3S. The lowest BCUT2D eigenvalue weighted by Crippen LogP contribution is -2.28. The molecule has 0 saturated heterocycles. The molecule has 0 fully saturated rings. The molecule has 0 aliphatic heterocycles. The molecule has 25 heavy (non-hydrogen) atoms. The van der Waals surface area contributed by atoms with Crippen molar-refractivity contribution in [1.82, 2.24) is 5.32 Å². The van der Waals surface area contributed by atoms with E-state index in [9.17, 15) is 5.26 Å². The van der Waals surface area contributed by atoms with E-state index < -0.39 is 0 Å². The number of nitrogens with zero attached hydrogens (tertiary/aromatic N) is 1. The number of hydrogen-bond acceptors (Lipinski definition) is 5. The second kappa shape index (κ2) is 8.76. The van der Waals surface area contributed by atoms with Crippen LogP contribution in [0.5, 0.6) is 17.2 Å². The molecule has 2 rings (SSSR count). The molecule has 6 nitrogen and oxygen atoms in total. The molecule has 0 saturated carbocycles. The molecule has 2 aromatic rings. The number of nitrogens with one attached hydrogen (secondary N) is 2. The molecule has 130 valence electrons. The first kappa shape index (κ1) is 18.4. The highest BCUT2D eigenvalue weighted by molar-refractivity contribution is 7.80. The number of rotatable bonds is 6. The van der Waals surface area contributed by atoms with Gasteiger partial charge in [-0.05, 0) is 18.3 Å². The number of benzene rings is 2. The predicted molar refractivity (Wildman–Crippen MR) is 100 cm³/mol. The van der Waals surface area contributed by atoms with Gasteiger partial charge in [-0.15, -0.1) is 0 Å². The van der Waals surface area contributed by atoms with Crippen molar-refractivity contribution >= 4 is 23.0 Å². The SMILES string of the molecule is COc1ccccc1CNC(=S)Nc1cc(OC)c(OC)cc1C#N. The lowest BCUT2D eigenvalue weighted by molar-refractivity contribution is 0.355. The van der Waals surface area contributed by atoms with Crippen LogP contribution in [0.2, 0.25) is 0 Å². The Morgan fingerprint density at radius 1 is 1.04 bits per heavy atom. The summed E-state index contributed by atoms with van der Waals surface area (Å²) < 4.78 is 15.8. The summed E-state index contributed by atoms with van der Waals surface area (Å²) in [5.74, 6) is 1.77. The molecule has 0 atom stereocenters. The van der Waals surface area contributed by atoms with Crippen LogP contribution in [0.3, 0.4) is 0 Å². The van der Waals surface area contributed by atoms with E-state index >= 15 is 0 Å². The van der Waals surface area contributed by atoms with Crippen LogP contribution < -0.4 is 24.8 Å². The number of nitriles is 1. The largest absolute Gasteiger partial charge is 0.496 e. The van der Waals surface area contributed by atoms with Crippen LogP contribution >= 0.6 is 12.2 Å². The first-order valence-electron chi connectivity index (χ1n) is 7.45. The summed E-state index contributed by atoms with van der Waals surface area (Å²) in [5.41, 5.74) is 1.92. The third-order valence-corrected chi connectivity index (χ3v) is 3.77. The first-order chi connectivity index (χ1) is 12.1. The highest BCUT2D eigenvalue weighted by Crippen LogP contribution is 2.33. The van der Waals surface area contributed by atoms with E-state index in [1.807, 2.05) is 24.3 Å². The zero-order valence-electron chi connectivity index (χ0n) is 14.3. The Morgan fingerprint density at radius 3 is 2.32 bits per heavy atom. The second-order valence-electron chi connectivity index (χ2n) is 4.98. The van der Waals surface area contributed by atoms with E-state index in [4.69, 9.17) is 26.4 Å². The average Bonchev–Trinajstić information content (AvgIpc) is 2.66. The van der Waals surface area contributed by atoms with Crippen LogP contribution in [-0.4, -0.2) is 26.4 Å². The van der Waals surface area contributed by atoms with E-state index in [0.29, 0.717) is 34.4 Å². The van der Waals surface area contributed by atoms with Gasteiger partial charge in [-0.3, -0.25) is 0 Å². The number of thiocarbonyl (C=S) groups is 1. The van der Waals surface area contributed by atoms with Gasteiger partial charge in [-0.2, -0.15) is 5.26 Å². The molecular weight excluding hydrogens is 338 g/mol. The molecule has 0 aliphatic carbocycles. The van der Waals surface area contributed by atoms with Gasteiger partial charge in [0.2, 0.25) is 0 Å². The topological polar surface area (TPSA) is 75.5 Å². The average molecular weight is 357 g/mol. The fraction of sp³-hybridized carbons (Fsp3) is 0.222. The minimum atomic E-state index is 0.384. The van der Waals surface area contributed by atoms with Crippen molar-refractivity contribution in [2.75, 3.05) is 26.6 Å². The highest BCUT2D eigenvalue weighted by atomic mass is 32.1. The first-order valence-corrected chi connectivity index (χ1v) is 7.86. The molecule has 2 aromatic carbocycles. The van der Waals surface area contributed by atoms with Crippen molar-refractivity contribution in [2.24, 2.45) is 0 Å². The maximum atomic E-state index is 9.32. The van der Waals surface area contributed by atoms with Gasteiger partial charge in [0.15, 0.2) is 16.6 Å². The smallest absolute Gasteiger partial charge is 0.171 e. The van der Waals surface area contributed by atoms with E-state index in [1.54, 1.807) is 19.2 Å². The van der Waals surface area contributed by atoms with Gasteiger partial charge in [0.25, 0.3) is 0 Å². The Labute approximate surface area is 152 Å². The van der Waals surface area contributed by atoms with Crippen LogP contribution in [-0.2, 0) is 6.54 Å². The Balaban J connectivity index is 2.11. The lowest BCUT2D eigenvalue weighted by Gasteiger charge is -2.15. The fourth-order valence-electron chi connectivity index (χ4n) is 2.27. The minimum Gasteiger partial charge on any atom is -0.496 e. The van der Waals surface area contributed by atoms with Crippen molar-refractivity contribution in [2.45, 2.75) is 6.54 Å². The number of methoxy groups -OCH3 is 3. The molecule has 2 N–H and O–H groups in total. The van der Waals surface area contributed by atoms with E-state index in [1.165, 1.54) is 14.2 Å².